The Kier molecular flexibility index (Phi) is 4.03. The second kappa shape index (κ2) is 5.47. The minimum Gasteiger partial charge on any atom is -0.465 e. The molecule has 2 heterocycles. The van der Waals surface area contributed by atoms with Gasteiger partial charge in [0, 0.05) is 6.20 Å². The average molecular weight is 321 g/mol. The van der Waals surface area contributed by atoms with Gasteiger partial charge in [-0.1, -0.05) is 0 Å². The van der Waals surface area contributed by atoms with Gasteiger partial charge >= 0.3 is 13.5 Å². The molecule has 0 amide bonds. The van der Waals surface area contributed by atoms with Gasteiger partial charge in [0.15, 0.2) is 17.6 Å². The number of aliphatic hydroxyl groups is 2. The van der Waals surface area contributed by atoms with Crippen molar-refractivity contribution >= 4 is 13.6 Å². The first kappa shape index (κ1) is 15.5. The van der Waals surface area contributed by atoms with Crippen LogP contribution in [0.15, 0.2) is 28.6 Å². The molecule has 11 nitrogen and oxygen atoms in total. The van der Waals surface area contributed by atoms with Crippen molar-refractivity contribution in [2.75, 3.05) is 12.3 Å². The highest BCUT2D eigenvalue weighted by molar-refractivity contribution is 7.46. The summed E-state index contributed by atoms with van der Waals surface area (Å²) in [6.45, 7) is -0.792. The fourth-order valence-corrected chi connectivity index (χ4v) is 2.21. The Labute approximate surface area is 117 Å². The standard InChI is InChI=1S/C9H12N3O8P/c10-5-1-2-12(9(15)11-5)8-6(14)7(4(3-13)19-8)20-21(16,17)18/h1-2,6,8,13-14H,3H2,(H2,10,11,15)(H2,16,17,18)/t6?,8-/m1/s1. The molecule has 0 aliphatic carbocycles. The number of nitrogen functional groups attached to an aromatic ring is 1. The van der Waals surface area contributed by atoms with E-state index in [1.165, 1.54) is 12.3 Å². The van der Waals surface area contributed by atoms with E-state index in [2.05, 4.69) is 9.51 Å². The van der Waals surface area contributed by atoms with Crippen molar-refractivity contribution in [1.29, 1.82) is 0 Å². The summed E-state index contributed by atoms with van der Waals surface area (Å²) in [4.78, 5) is 32.6. The van der Waals surface area contributed by atoms with Crippen molar-refractivity contribution in [3.63, 3.8) is 0 Å². The number of hydrogen-bond acceptors (Lipinski definition) is 8. The second-order valence-corrected chi connectivity index (χ2v) is 5.19. The summed E-state index contributed by atoms with van der Waals surface area (Å²) in [5, 5.41) is 19.1. The Bertz CT molecular complexity index is 680. The quantitative estimate of drug-likeness (QED) is 0.391. The van der Waals surface area contributed by atoms with E-state index < -0.39 is 44.0 Å². The third-order valence-corrected chi connectivity index (χ3v) is 3.00. The van der Waals surface area contributed by atoms with E-state index in [-0.39, 0.29) is 5.82 Å². The normalized spacial score (nSPS) is 22.3. The van der Waals surface area contributed by atoms with Gasteiger partial charge < -0.3 is 25.2 Å². The number of anilines is 1. The molecule has 0 saturated carbocycles. The van der Waals surface area contributed by atoms with Crippen LogP contribution in [-0.4, -0.2) is 42.3 Å². The molecular formula is C9H12N3O8P. The van der Waals surface area contributed by atoms with Crippen LogP contribution in [0.4, 0.5) is 5.82 Å². The van der Waals surface area contributed by atoms with Crippen LogP contribution in [0.3, 0.4) is 0 Å². The van der Waals surface area contributed by atoms with E-state index in [4.69, 9.17) is 25.4 Å². The summed E-state index contributed by atoms with van der Waals surface area (Å²) in [5.74, 6) is -1.11. The van der Waals surface area contributed by atoms with Crippen molar-refractivity contribution in [2.24, 2.45) is 0 Å². The van der Waals surface area contributed by atoms with Crippen molar-refractivity contribution in [3.8, 4) is 0 Å². The van der Waals surface area contributed by atoms with E-state index in [1.54, 1.807) is 0 Å². The molecule has 12 heteroatoms. The summed E-state index contributed by atoms with van der Waals surface area (Å²) >= 11 is 0. The number of aromatic nitrogens is 2. The zero-order valence-corrected chi connectivity index (χ0v) is 11.3. The first-order valence-corrected chi connectivity index (χ1v) is 7.04. The molecule has 0 aromatic carbocycles. The molecule has 116 valence electrons. The highest BCUT2D eigenvalue weighted by Gasteiger charge is 2.41. The maximum absolute atomic E-state index is 11.7. The SMILES string of the molecule is Nc1ccn([C@@H]2OC(CO)=C(OP(=O)(O)O)C2O)c(=O)n1. The van der Waals surface area contributed by atoms with Crippen molar-refractivity contribution < 1.29 is 33.8 Å². The average Bonchev–Trinajstić information content (AvgIpc) is 2.65. The zero-order valence-electron chi connectivity index (χ0n) is 10.4. The summed E-state index contributed by atoms with van der Waals surface area (Å²) in [6.07, 6.45) is -1.94. The number of nitrogens with two attached hydrogens (primary N) is 1. The molecule has 0 radical (unpaired) electrons. The Morgan fingerprint density at radius 1 is 1.52 bits per heavy atom. The summed E-state index contributed by atoms with van der Waals surface area (Å²) in [6, 6.07) is 1.26. The van der Waals surface area contributed by atoms with Crippen LogP contribution in [0.1, 0.15) is 6.23 Å². The van der Waals surface area contributed by atoms with Crippen LogP contribution < -0.4 is 11.4 Å². The number of phosphoric ester groups is 1. The lowest BCUT2D eigenvalue weighted by atomic mass is 10.2. The van der Waals surface area contributed by atoms with Gasteiger partial charge in [0.1, 0.15) is 12.4 Å². The van der Waals surface area contributed by atoms with Gasteiger partial charge in [-0.15, -0.1) is 0 Å². The van der Waals surface area contributed by atoms with Gasteiger partial charge in [-0.05, 0) is 6.07 Å². The minimum absolute atomic E-state index is 0.0502. The van der Waals surface area contributed by atoms with Crippen molar-refractivity contribution in [2.45, 2.75) is 12.3 Å². The first-order valence-electron chi connectivity index (χ1n) is 5.51. The highest BCUT2D eigenvalue weighted by Crippen LogP contribution is 2.44. The molecular weight excluding hydrogens is 309 g/mol. The number of nitrogens with zero attached hydrogens (tertiary/aromatic N) is 2. The molecule has 1 aliphatic rings. The van der Waals surface area contributed by atoms with E-state index in [9.17, 15) is 14.5 Å². The fourth-order valence-electron chi connectivity index (χ4n) is 1.74. The lowest BCUT2D eigenvalue weighted by Gasteiger charge is -2.18. The predicted molar refractivity (Wildman–Crippen MR) is 66.3 cm³/mol. The second-order valence-electron chi connectivity index (χ2n) is 4.02. The van der Waals surface area contributed by atoms with Crippen LogP contribution in [0, 0.1) is 0 Å². The molecule has 0 fully saturated rings. The largest absolute Gasteiger partial charge is 0.524 e. The molecule has 0 spiro atoms. The van der Waals surface area contributed by atoms with Gasteiger partial charge in [-0.3, -0.25) is 14.4 Å². The number of aliphatic hydroxyl groups excluding tert-OH is 2. The maximum Gasteiger partial charge on any atom is 0.524 e. The molecule has 1 aromatic heterocycles. The topological polar surface area (TPSA) is 177 Å². The summed E-state index contributed by atoms with van der Waals surface area (Å²) < 4.78 is 21.0. The molecule has 0 bridgehead atoms. The Morgan fingerprint density at radius 2 is 2.19 bits per heavy atom. The lowest BCUT2D eigenvalue weighted by Crippen LogP contribution is -2.33. The molecule has 1 aliphatic heterocycles. The molecule has 21 heavy (non-hydrogen) atoms. The van der Waals surface area contributed by atoms with Crippen molar-refractivity contribution in [3.05, 3.63) is 34.3 Å². The number of rotatable bonds is 4. The Hall–Kier alpha value is -1.91. The third-order valence-electron chi connectivity index (χ3n) is 2.56. The van der Waals surface area contributed by atoms with E-state index in [0.29, 0.717) is 0 Å². The van der Waals surface area contributed by atoms with Crippen LogP contribution >= 0.6 is 7.82 Å². The third kappa shape index (κ3) is 3.23. The van der Waals surface area contributed by atoms with Gasteiger partial charge in [0.05, 0.1) is 0 Å². The summed E-state index contributed by atoms with van der Waals surface area (Å²) in [7, 11) is -4.97. The monoisotopic (exact) mass is 321 g/mol. The van der Waals surface area contributed by atoms with Crippen LogP contribution in [0.2, 0.25) is 0 Å². The predicted octanol–water partition coefficient (Wildman–Crippen LogP) is -1.97. The molecule has 2 atom stereocenters. The van der Waals surface area contributed by atoms with Crippen molar-refractivity contribution in [1.82, 2.24) is 9.55 Å². The fraction of sp³-hybridized carbons (Fsp3) is 0.333. The summed E-state index contributed by atoms with van der Waals surface area (Å²) in [5.41, 5.74) is 4.47. The number of phosphoric acid groups is 1. The van der Waals surface area contributed by atoms with Crippen LogP contribution in [0.5, 0.6) is 0 Å². The molecule has 0 saturated heterocycles. The van der Waals surface area contributed by atoms with Crippen LogP contribution in [-0.2, 0) is 13.8 Å². The molecule has 6 N–H and O–H groups in total. The minimum atomic E-state index is -4.97. The highest BCUT2D eigenvalue weighted by atomic mass is 31.2. The van der Waals surface area contributed by atoms with E-state index in [1.807, 2.05) is 0 Å². The molecule has 1 unspecified atom stereocenters. The maximum atomic E-state index is 11.7. The van der Waals surface area contributed by atoms with Gasteiger partial charge in [0.2, 0.25) is 6.23 Å². The van der Waals surface area contributed by atoms with Crippen LogP contribution in [0.25, 0.3) is 0 Å². The Balaban J connectivity index is 2.35. The number of hydrogen-bond donors (Lipinski definition) is 5. The lowest BCUT2D eigenvalue weighted by molar-refractivity contribution is -0.0170. The Morgan fingerprint density at radius 3 is 2.71 bits per heavy atom. The van der Waals surface area contributed by atoms with Gasteiger partial charge in [-0.25, -0.2) is 9.36 Å². The molecule has 2 rings (SSSR count). The number of ether oxygens (including phenoxy) is 1. The van der Waals surface area contributed by atoms with Gasteiger partial charge in [-0.2, -0.15) is 4.98 Å². The van der Waals surface area contributed by atoms with E-state index >= 15 is 0 Å². The smallest absolute Gasteiger partial charge is 0.465 e. The van der Waals surface area contributed by atoms with E-state index in [0.717, 1.165) is 4.57 Å². The van der Waals surface area contributed by atoms with Gasteiger partial charge in [0.25, 0.3) is 0 Å². The molecule has 1 aromatic rings. The first-order chi connectivity index (χ1) is 9.73. The zero-order chi connectivity index (χ0) is 15.8.